The van der Waals surface area contributed by atoms with E-state index in [-0.39, 0.29) is 12.2 Å². The lowest BCUT2D eigenvalue weighted by atomic mass is 10.1. The highest BCUT2D eigenvalue weighted by Crippen LogP contribution is 2.22. The molecule has 1 fully saturated rings. The molecule has 1 aromatic rings. The van der Waals surface area contributed by atoms with Crippen LogP contribution in [0.5, 0.6) is 11.5 Å². The van der Waals surface area contributed by atoms with Gasteiger partial charge in [-0.2, -0.15) is 0 Å². The summed E-state index contributed by atoms with van der Waals surface area (Å²) in [7, 11) is 1.63. The van der Waals surface area contributed by atoms with Gasteiger partial charge in [0.1, 0.15) is 23.2 Å². The van der Waals surface area contributed by atoms with Gasteiger partial charge in [-0.05, 0) is 45.0 Å². The molecule has 5 heteroatoms. The summed E-state index contributed by atoms with van der Waals surface area (Å²) in [6.07, 6.45) is -0.261. The van der Waals surface area contributed by atoms with Gasteiger partial charge in [0.15, 0.2) is 0 Å². The number of carbonyl (C=O) groups excluding carboxylic acids is 1. The van der Waals surface area contributed by atoms with E-state index in [0.29, 0.717) is 13.1 Å². The Morgan fingerprint density at radius 2 is 1.70 bits per heavy atom. The van der Waals surface area contributed by atoms with Gasteiger partial charge in [0.2, 0.25) is 0 Å². The Bertz CT molecular complexity index is 458. The number of methoxy groups -OCH3 is 1. The highest BCUT2D eigenvalue weighted by atomic mass is 16.6. The molecule has 2 rings (SSSR count). The van der Waals surface area contributed by atoms with Crippen molar-refractivity contribution in [3.63, 3.8) is 0 Å². The van der Waals surface area contributed by atoms with Crippen LogP contribution in [0.1, 0.15) is 20.8 Å². The van der Waals surface area contributed by atoms with E-state index in [1.165, 1.54) is 0 Å². The molecule has 0 radical (unpaired) electrons. The molecule has 20 heavy (non-hydrogen) atoms. The Morgan fingerprint density at radius 3 is 2.20 bits per heavy atom. The first kappa shape index (κ1) is 14.5. The van der Waals surface area contributed by atoms with Crippen LogP contribution in [0.25, 0.3) is 0 Å². The van der Waals surface area contributed by atoms with Crippen LogP contribution < -0.4 is 9.47 Å². The van der Waals surface area contributed by atoms with Crippen molar-refractivity contribution in [2.24, 2.45) is 0 Å². The predicted molar refractivity (Wildman–Crippen MR) is 75.2 cm³/mol. The van der Waals surface area contributed by atoms with Crippen LogP contribution in [0.3, 0.4) is 0 Å². The lowest BCUT2D eigenvalue weighted by molar-refractivity contribution is -0.0221. The molecule has 110 valence electrons. The van der Waals surface area contributed by atoms with Crippen molar-refractivity contribution >= 4 is 6.09 Å². The molecule has 0 bridgehead atoms. The van der Waals surface area contributed by atoms with Gasteiger partial charge in [0.05, 0.1) is 20.2 Å². The Balaban J connectivity index is 1.77. The fourth-order valence-corrected chi connectivity index (χ4v) is 1.83. The van der Waals surface area contributed by atoms with Crippen molar-refractivity contribution in [1.82, 2.24) is 4.90 Å². The SMILES string of the molecule is COc1ccc(OC2CN(C(=O)OC(C)(C)C)C2)cc1. The van der Waals surface area contributed by atoms with Gasteiger partial charge in [-0.3, -0.25) is 0 Å². The smallest absolute Gasteiger partial charge is 0.410 e. The third-order valence-corrected chi connectivity index (χ3v) is 2.86. The molecule has 1 aliphatic heterocycles. The molecule has 5 nitrogen and oxygen atoms in total. The van der Waals surface area contributed by atoms with Crippen molar-refractivity contribution in [3.8, 4) is 11.5 Å². The summed E-state index contributed by atoms with van der Waals surface area (Å²) in [6, 6.07) is 7.41. The van der Waals surface area contributed by atoms with E-state index in [1.807, 2.05) is 45.0 Å². The number of ether oxygens (including phenoxy) is 3. The van der Waals surface area contributed by atoms with Gasteiger partial charge < -0.3 is 19.1 Å². The number of hydrogen-bond acceptors (Lipinski definition) is 4. The summed E-state index contributed by atoms with van der Waals surface area (Å²) in [5, 5.41) is 0. The minimum Gasteiger partial charge on any atom is -0.497 e. The summed E-state index contributed by atoms with van der Waals surface area (Å²) in [6.45, 7) is 6.68. The highest BCUT2D eigenvalue weighted by molar-refractivity contribution is 5.69. The van der Waals surface area contributed by atoms with E-state index < -0.39 is 5.60 Å². The summed E-state index contributed by atoms with van der Waals surface area (Å²) in [5.41, 5.74) is -0.459. The van der Waals surface area contributed by atoms with Crippen LogP contribution in [0, 0.1) is 0 Å². The topological polar surface area (TPSA) is 48.0 Å². The molecule has 0 N–H and O–H groups in total. The Kier molecular flexibility index (Phi) is 4.06. The summed E-state index contributed by atoms with van der Waals surface area (Å²) >= 11 is 0. The highest BCUT2D eigenvalue weighted by Gasteiger charge is 2.35. The molecule has 1 amide bonds. The molecule has 1 aromatic carbocycles. The minimum absolute atomic E-state index is 0.0240. The van der Waals surface area contributed by atoms with Gasteiger partial charge in [-0.25, -0.2) is 4.79 Å². The quantitative estimate of drug-likeness (QED) is 0.853. The second-order valence-electron chi connectivity index (χ2n) is 5.80. The zero-order chi connectivity index (χ0) is 14.8. The third-order valence-electron chi connectivity index (χ3n) is 2.86. The van der Waals surface area contributed by atoms with Crippen molar-refractivity contribution in [2.45, 2.75) is 32.5 Å². The molecule has 1 saturated heterocycles. The molecule has 0 aromatic heterocycles. The molecular weight excluding hydrogens is 258 g/mol. The van der Waals surface area contributed by atoms with Crippen molar-refractivity contribution in [2.75, 3.05) is 20.2 Å². The standard InChI is InChI=1S/C15H21NO4/c1-15(2,3)20-14(17)16-9-13(10-16)19-12-7-5-11(18-4)6-8-12/h5-8,13H,9-10H2,1-4H3. The Morgan fingerprint density at radius 1 is 1.15 bits per heavy atom. The number of amides is 1. The van der Waals surface area contributed by atoms with Gasteiger partial charge >= 0.3 is 6.09 Å². The maximum absolute atomic E-state index is 11.8. The van der Waals surface area contributed by atoms with E-state index in [2.05, 4.69) is 0 Å². The lowest BCUT2D eigenvalue weighted by Crippen LogP contribution is -2.57. The maximum Gasteiger partial charge on any atom is 0.410 e. The van der Waals surface area contributed by atoms with Crippen molar-refractivity contribution < 1.29 is 19.0 Å². The Labute approximate surface area is 119 Å². The molecule has 0 unspecified atom stereocenters. The molecule has 0 atom stereocenters. The first-order valence-corrected chi connectivity index (χ1v) is 6.66. The second kappa shape index (κ2) is 5.61. The normalized spacial score (nSPS) is 15.5. The zero-order valence-electron chi connectivity index (χ0n) is 12.4. The van der Waals surface area contributed by atoms with Gasteiger partial charge in [-0.1, -0.05) is 0 Å². The first-order valence-electron chi connectivity index (χ1n) is 6.66. The summed E-state index contributed by atoms with van der Waals surface area (Å²) in [5.74, 6) is 1.57. The summed E-state index contributed by atoms with van der Waals surface area (Å²) in [4.78, 5) is 13.4. The maximum atomic E-state index is 11.8. The van der Waals surface area contributed by atoms with Crippen LogP contribution in [-0.4, -0.2) is 42.9 Å². The number of rotatable bonds is 3. The first-order chi connectivity index (χ1) is 9.37. The van der Waals surface area contributed by atoms with E-state index >= 15 is 0 Å². The number of benzene rings is 1. The molecule has 1 aliphatic rings. The third kappa shape index (κ3) is 3.79. The fraction of sp³-hybridized carbons (Fsp3) is 0.533. The molecule has 0 saturated carbocycles. The van der Waals surface area contributed by atoms with E-state index in [0.717, 1.165) is 11.5 Å². The molecule has 0 aliphatic carbocycles. The largest absolute Gasteiger partial charge is 0.497 e. The second-order valence-corrected chi connectivity index (χ2v) is 5.80. The monoisotopic (exact) mass is 279 g/mol. The fourth-order valence-electron chi connectivity index (χ4n) is 1.83. The van der Waals surface area contributed by atoms with Crippen LogP contribution in [-0.2, 0) is 4.74 Å². The van der Waals surface area contributed by atoms with Crippen LogP contribution in [0.4, 0.5) is 4.79 Å². The van der Waals surface area contributed by atoms with E-state index in [4.69, 9.17) is 14.2 Å². The average Bonchev–Trinajstić information content (AvgIpc) is 2.31. The number of likely N-dealkylation sites (tertiary alicyclic amines) is 1. The number of hydrogen-bond donors (Lipinski definition) is 0. The van der Waals surface area contributed by atoms with Crippen molar-refractivity contribution in [3.05, 3.63) is 24.3 Å². The van der Waals surface area contributed by atoms with E-state index in [1.54, 1.807) is 12.0 Å². The molecule has 0 spiro atoms. The predicted octanol–water partition coefficient (Wildman–Crippen LogP) is 2.69. The lowest BCUT2D eigenvalue weighted by Gasteiger charge is -2.39. The van der Waals surface area contributed by atoms with Gasteiger partial charge in [-0.15, -0.1) is 0 Å². The van der Waals surface area contributed by atoms with Gasteiger partial charge in [0.25, 0.3) is 0 Å². The summed E-state index contributed by atoms with van der Waals surface area (Å²) < 4.78 is 16.1. The van der Waals surface area contributed by atoms with Gasteiger partial charge in [0, 0.05) is 0 Å². The molecular formula is C15H21NO4. The molecule has 1 heterocycles. The van der Waals surface area contributed by atoms with Crippen LogP contribution >= 0.6 is 0 Å². The average molecular weight is 279 g/mol. The van der Waals surface area contributed by atoms with Crippen LogP contribution in [0.2, 0.25) is 0 Å². The van der Waals surface area contributed by atoms with Crippen LogP contribution in [0.15, 0.2) is 24.3 Å². The Hall–Kier alpha value is -1.91. The van der Waals surface area contributed by atoms with E-state index in [9.17, 15) is 4.79 Å². The number of nitrogens with zero attached hydrogens (tertiary/aromatic N) is 1. The van der Waals surface area contributed by atoms with Crippen molar-refractivity contribution in [1.29, 1.82) is 0 Å². The zero-order valence-corrected chi connectivity index (χ0v) is 12.4. The number of carbonyl (C=O) groups is 1. The minimum atomic E-state index is -0.459.